The van der Waals surface area contributed by atoms with Gasteiger partial charge in [-0.2, -0.15) is 0 Å². The Hall–Kier alpha value is -0.860. The van der Waals surface area contributed by atoms with Crippen molar-refractivity contribution < 1.29 is 0 Å². The van der Waals surface area contributed by atoms with Crippen molar-refractivity contribution in [2.24, 2.45) is 0 Å². The highest BCUT2D eigenvalue weighted by Gasteiger charge is 2.11. The molecule has 19 heavy (non-hydrogen) atoms. The van der Waals surface area contributed by atoms with Gasteiger partial charge in [0.05, 0.1) is 0 Å². The number of nitrogens with zero attached hydrogens (tertiary/aromatic N) is 1. The summed E-state index contributed by atoms with van der Waals surface area (Å²) >= 11 is 0. The third-order valence-corrected chi connectivity index (χ3v) is 3.66. The van der Waals surface area contributed by atoms with E-state index in [1.165, 1.54) is 37.9 Å². The largest absolute Gasteiger partial charge is 0.310 e. The lowest BCUT2D eigenvalue weighted by atomic mass is 10.0. The summed E-state index contributed by atoms with van der Waals surface area (Å²) in [5.41, 5.74) is 1.41. The second kappa shape index (κ2) is 9.99. The molecule has 0 spiro atoms. The smallest absolute Gasteiger partial charge is 0.0332 e. The zero-order chi connectivity index (χ0) is 13.9. The molecule has 1 atom stereocenters. The van der Waals surface area contributed by atoms with E-state index < -0.39 is 0 Å². The van der Waals surface area contributed by atoms with E-state index in [-0.39, 0.29) is 0 Å². The van der Waals surface area contributed by atoms with Crippen molar-refractivity contribution in [3.8, 4) is 0 Å². The highest BCUT2D eigenvalue weighted by Crippen LogP contribution is 2.17. The van der Waals surface area contributed by atoms with Gasteiger partial charge in [0.25, 0.3) is 0 Å². The van der Waals surface area contributed by atoms with E-state index in [0.717, 1.165) is 13.1 Å². The van der Waals surface area contributed by atoms with Crippen LogP contribution in [0.2, 0.25) is 0 Å². The van der Waals surface area contributed by atoms with Gasteiger partial charge in [-0.15, -0.1) is 0 Å². The van der Waals surface area contributed by atoms with Crippen molar-refractivity contribution >= 4 is 0 Å². The molecule has 0 saturated carbocycles. The minimum absolute atomic E-state index is 0.488. The Bertz CT molecular complexity index is 310. The van der Waals surface area contributed by atoms with Gasteiger partial charge in [-0.3, -0.25) is 0 Å². The molecule has 1 unspecified atom stereocenters. The predicted octanol–water partition coefficient (Wildman–Crippen LogP) is 3.85. The third-order valence-electron chi connectivity index (χ3n) is 3.66. The molecule has 108 valence electrons. The van der Waals surface area contributed by atoms with Gasteiger partial charge in [-0.1, -0.05) is 57.5 Å². The second-order valence-electron chi connectivity index (χ2n) is 5.10. The first-order valence-corrected chi connectivity index (χ1v) is 7.82. The van der Waals surface area contributed by atoms with E-state index in [9.17, 15) is 0 Å². The van der Waals surface area contributed by atoms with Crippen LogP contribution in [0.1, 0.15) is 51.6 Å². The number of benzene rings is 1. The number of hydrogen-bond donors (Lipinski definition) is 1. The number of rotatable bonds is 10. The van der Waals surface area contributed by atoms with Gasteiger partial charge in [-0.05, 0) is 44.6 Å². The average molecular weight is 262 g/mol. The maximum atomic E-state index is 3.61. The predicted molar refractivity (Wildman–Crippen MR) is 84.5 cm³/mol. The van der Waals surface area contributed by atoms with Crippen molar-refractivity contribution in [3.63, 3.8) is 0 Å². The van der Waals surface area contributed by atoms with Gasteiger partial charge < -0.3 is 10.2 Å². The Kier molecular flexibility index (Phi) is 8.52. The zero-order valence-electron chi connectivity index (χ0n) is 12.9. The Labute approximate surface area is 119 Å². The zero-order valence-corrected chi connectivity index (χ0v) is 12.9. The average Bonchev–Trinajstić information content (AvgIpc) is 2.47. The van der Waals surface area contributed by atoms with Gasteiger partial charge >= 0.3 is 0 Å². The topological polar surface area (TPSA) is 15.3 Å². The van der Waals surface area contributed by atoms with Gasteiger partial charge in [-0.25, -0.2) is 0 Å². The lowest BCUT2D eigenvalue weighted by molar-refractivity contribution is 0.265. The quantitative estimate of drug-likeness (QED) is 0.689. The van der Waals surface area contributed by atoms with Crippen molar-refractivity contribution in [1.82, 2.24) is 10.2 Å². The molecule has 0 aliphatic rings. The first kappa shape index (κ1) is 16.2. The molecule has 1 aromatic carbocycles. The monoisotopic (exact) mass is 262 g/mol. The fraction of sp³-hybridized carbons (Fsp3) is 0.647. The summed E-state index contributed by atoms with van der Waals surface area (Å²) < 4.78 is 0. The van der Waals surface area contributed by atoms with Crippen molar-refractivity contribution in [2.45, 2.75) is 46.1 Å². The summed E-state index contributed by atoms with van der Waals surface area (Å²) in [6.07, 6.45) is 3.78. The van der Waals surface area contributed by atoms with Crippen molar-refractivity contribution in [2.75, 3.05) is 26.2 Å². The van der Waals surface area contributed by atoms with Crippen LogP contribution >= 0.6 is 0 Å². The summed E-state index contributed by atoms with van der Waals surface area (Å²) in [7, 11) is 0. The summed E-state index contributed by atoms with van der Waals surface area (Å²) in [6.45, 7) is 11.3. The van der Waals surface area contributed by atoms with E-state index in [1.807, 2.05) is 0 Å². The van der Waals surface area contributed by atoms with Crippen LogP contribution < -0.4 is 5.32 Å². The lowest BCUT2D eigenvalue weighted by Gasteiger charge is -2.24. The normalized spacial score (nSPS) is 12.8. The van der Waals surface area contributed by atoms with Crippen LogP contribution in [0.3, 0.4) is 0 Å². The molecule has 0 aliphatic heterocycles. The second-order valence-corrected chi connectivity index (χ2v) is 5.10. The molecular weight excluding hydrogens is 232 g/mol. The molecule has 0 bridgehead atoms. The van der Waals surface area contributed by atoms with Crippen molar-refractivity contribution in [1.29, 1.82) is 0 Å². The van der Waals surface area contributed by atoms with Crippen molar-refractivity contribution in [3.05, 3.63) is 35.9 Å². The van der Waals surface area contributed by atoms with E-state index >= 15 is 0 Å². The van der Waals surface area contributed by atoms with E-state index in [1.54, 1.807) is 0 Å². The van der Waals surface area contributed by atoms with Gasteiger partial charge in [0.15, 0.2) is 0 Å². The highest BCUT2D eigenvalue weighted by atomic mass is 15.1. The highest BCUT2D eigenvalue weighted by molar-refractivity contribution is 5.18. The molecule has 0 fully saturated rings. The molecular formula is C17H30N2. The lowest BCUT2D eigenvalue weighted by Crippen LogP contribution is -2.30. The Balaban J connectivity index is 2.49. The van der Waals surface area contributed by atoms with Crippen LogP contribution in [0, 0.1) is 0 Å². The molecule has 2 heteroatoms. The maximum Gasteiger partial charge on any atom is 0.0332 e. The van der Waals surface area contributed by atoms with E-state index in [4.69, 9.17) is 0 Å². The standard InChI is InChI=1S/C17H30N2/c1-4-7-14-19(6-3)15-13-17(18-5-2)16-11-9-8-10-12-16/h8-12,17-18H,4-7,13-15H2,1-3H3. The molecule has 0 aliphatic carbocycles. The third kappa shape index (κ3) is 6.22. The van der Waals surface area contributed by atoms with Crippen LogP contribution in [0.5, 0.6) is 0 Å². The molecule has 1 aromatic rings. The Morgan fingerprint density at radius 2 is 1.79 bits per heavy atom. The molecule has 2 nitrogen and oxygen atoms in total. The maximum absolute atomic E-state index is 3.61. The molecule has 0 aromatic heterocycles. The van der Waals surface area contributed by atoms with Crippen LogP contribution in [0.15, 0.2) is 30.3 Å². The summed E-state index contributed by atoms with van der Waals surface area (Å²) in [5.74, 6) is 0. The molecule has 0 heterocycles. The number of unbranched alkanes of at least 4 members (excludes halogenated alkanes) is 1. The summed E-state index contributed by atoms with van der Waals surface area (Å²) in [6, 6.07) is 11.3. The molecule has 0 amide bonds. The van der Waals surface area contributed by atoms with Crippen LogP contribution in [-0.4, -0.2) is 31.1 Å². The SMILES string of the molecule is CCCCN(CC)CCC(NCC)c1ccccc1. The van der Waals surface area contributed by atoms with Gasteiger partial charge in [0.2, 0.25) is 0 Å². The fourth-order valence-corrected chi connectivity index (χ4v) is 2.44. The van der Waals surface area contributed by atoms with Gasteiger partial charge in [0, 0.05) is 6.04 Å². The number of hydrogen-bond acceptors (Lipinski definition) is 2. The Morgan fingerprint density at radius 3 is 2.37 bits per heavy atom. The fourth-order valence-electron chi connectivity index (χ4n) is 2.44. The van der Waals surface area contributed by atoms with Crippen LogP contribution in [0.4, 0.5) is 0 Å². The van der Waals surface area contributed by atoms with Gasteiger partial charge in [0.1, 0.15) is 0 Å². The summed E-state index contributed by atoms with van der Waals surface area (Å²) in [4.78, 5) is 2.57. The Morgan fingerprint density at radius 1 is 1.05 bits per heavy atom. The van der Waals surface area contributed by atoms with E-state index in [0.29, 0.717) is 6.04 Å². The first-order chi connectivity index (χ1) is 9.31. The molecule has 1 N–H and O–H groups in total. The molecule has 0 radical (unpaired) electrons. The van der Waals surface area contributed by atoms with Crippen LogP contribution in [0.25, 0.3) is 0 Å². The summed E-state index contributed by atoms with van der Waals surface area (Å²) in [5, 5.41) is 3.61. The minimum Gasteiger partial charge on any atom is -0.310 e. The molecule has 1 rings (SSSR count). The minimum atomic E-state index is 0.488. The van der Waals surface area contributed by atoms with E-state index in [2.05, 4.69) is 61.3 Å². The molecule has 0 saturated heterocycles. The number of nitrogens with one attached hydrogen (secondary N) is 1. The van der Waals surface area contributed by atoms with Crippen LogP contribution in [-0.2, 0) is 0 Å². The first-order valence-electron chi connectivity index (χ1n) is 7.82.